The normalized spacial score (nSPS) is 11.0. The Bertz CT molecular complexity index is 705. The lowest BCUT2D eigenvalue weighted by atomic mass is 10.1. The standard InChI is InChI=1S/C10H5N3O3/c14-13(15)7-3-1-6-2-4-9-10(8(6)5-7)12-16-11-9/h1-5H. The average molecular weight is 215 g/mol. The highest BCUT2D eigenvalue weighted by molar-refractivity contribution is 6.04. The second-order valence-corrected chi connectivity index (χ2v) is 3.36. The van der Waals surface area contributed by atoms with Gasteiger partial charge in [0.05, 0.1) is 4.92 Å². The topological polar surface area (TPSA) is 82.1 Å². The Morgan fingerprint density at radius 3 is 2.81 bits per heavy atom. The van der Waals surface area contributed by atoms with Gasteiger partial charge in [-0.1, -0.05) is 6.07 Å². The highest BCUT2D eigenvalue weighted by atomic mass is 16.6. The molecule has 0 aliphatic heterocycles. The number of nitro groups is 1. The summed E-state index contributed by atoms with van der Waals surface area (Å²) in [5, 5.41) is 19.6. The van der Waals surface area contributed by atoms with E-state index in [9.17, 15) is 10.1 Å². The first-order chi connectivity index (χ1) is 7.75. The second-order valence-electron chi connectivity index (χ2n) is 3.36. The summed E-state index contributed by atoms with van der Waals surface area (Å²) in [5.74, 6) is 0. The number of fused-ring (bicyclic) bond motifs is 3. The Balaban J connectivity index is 2.46. The maximum Gasteiger partial charge on any atom is 0.270 e. The summed E-state index contributed by atoms with van der Waals surface area (Å²) in [6, 6.07) is 8.21. The number of hydrogen-bond donors (Lipinski definition) is 0. The molecule has 3 aromatic rings. The maximum absolute atomic E-state index is 10.7. The predicted molar refractivity (Wildman–Crippen MR) is 56.0 cm³/mol. The van der Waals surface area contributed by atoms with Gasteiger partial charge in [0.25, 0.3) is 5.69 Å². The molecule has 0 radical (unpaired) electrons. The number of non-ortho nitro benzene ring substituents is 1. The first-order valence-electron chi connectivity index (χ1n) is 4.55. The van der Waals surface area contributed by atoms with Crippen molar-refractivity contribution < 1.29 is 9.55 Å². The van der Waals surface area contributed by atoms with Crippen LogP contribution in [0, 0.1) is 10.1 Å². The summed E-state index contributed by atoms with van der Waals surface area (Å²) in [5.41, 5.74) is 1.16. The van der Waals surface area contributed by atoms with Crippen LogP contribution >= 0.6 is 0 Å². The van der Waals surface area contributed by atoms with E-state index in [2.05, 4.69) is 14.9 Å². The quantitative estimate of drug-likeness (QED) is 0.459. The Kier molecular flexibility index (Phi) is 1.64. The van der Waals surface area contributed by atoms with E-state index in [-0.39, 0.29) is 5.69 Å². The average Bonchev–Trinajstić information content (AvgIpc) is 2.76. The fourth-order valence-electron chi connectivity index (χ4n) is 1.67. The van der Waals surface area contributed by atoms with Crippen molar-refractivity contribution in [1.82, 2.24) is 10.3 Å². The van der Waals surface area contributed by atoms with E-state index in [4.69, 9.17) is 0 Å². The molecule has 0 saturated carbocycles. The highest BCUT2D eigenvalue weighted by Crippen LogP contribution is 2.26. The monoisotopic (exact) mass is 215 g/mol. The van der Waals surface area contributed by atoms with Gasteiger partial charge in [0.1, 0.15) is 11.0 Å². The lowest BCUT2D eigenvalue weighted by Crippen LogP contribution is -1.87. The second kappa shape index (κ2) is 2.99. The molecule has 78 valence electrons. The van der Waals surface area contributed by atoms with Gasteiger partial charge in [0, 0.05) is 17.5 Å². The van der Waals surface area contributed by atoms with Crippen molar-refractivity contribution in [3.05, 3.63) is 40.4 Å². The molecule has 0 spiro atoms. The summed E-state index contributed by atoms with van der Waals surface area (Å²) >= 11 is 0. The molecule has 0 fully saturated rings. The molecule has 1 heterocycles. The van der Waals surface area contributed by atoms with Crippen LogP contribution < -0.4 is 0 Å². The van der Waals surface area contributed by atoms with Crippen LogP contribution in [0.5, 0.6) is 0 Å². The zero-order valence-corrected chi connectivity index (χ0v) is 7.95. The summed E-state index contributed by atoms with van der Waals surface area (Å²) < 4.78 is 4.60. The first-order valence-corrected chi connectivity index (χ1v) is 4.55. The molecule has 0 amide bonds. The Morgan fingerprint density at radius 1 is 1.19 bits per heavy atom. The highest BCUT2D eigenvalue weighted by Gasteiger charge is 2.10. The van der Waals surface area contributed by atoms with Gasteiger partial charge in [-0.15, -0.1) is 0 Å². The number of hydrogen-bond acceptors (Lipinski definition) is 5. The number of aromatic nitrogens is 2. The number of nitro benzene ring substituents is 1. The lowest BCUT2D eigenvalue weighted by molar-refractivity contribution is -0.384. The molecule has 0 unspecified atom stereocenters. The van der Waals surface area contributed by atoms with Crippen LogP contribution in [0.15, 0.2) is 35.0 Å². The number of benzene rings is 2. The Hall–Kier alpha value is -2.50. The van der Waals surface area contributed by atoms with Gasteiger partial charge in [-0.3, -0.25) is 10.1 Å². The molecule has 0 aliphatic rings. The van der Waals surface area contributed by atoms with E-state index in [0.29, 0.717) is 16.4 Å². The van der Waals surface area contributed by atoms with Crippen molar-refractivity contribution in [2.24, 2.45) is 0 Å². The van der Waals surface area contributed by atoms with Gasteiger partial charge in [-0.25, -0.2) is 4.63 Å². The van der Waals surface area contributed by atoms with Gasteiger partial charge in [-0.2, -0.15) is 0 Å². The third-order valence-electron chi connectivity index (χ3n) is 2.44. The molecule has 0 bridgehead atoms. The zero-order valence-electron chi connectivity index (χ0n) is 7.95. The third kappa shape index (κ3) is 1.13. The lowest BCUT2D eigenvalue weighted by Gasteiger charge is -1.96. The Morgan fingerprint density at radius 2 is 2.00 bits per heavy atom. The number of nitrogens with zero attached hydrogens (tertiary/aromatic N) is 3. The minimum atomic E-state index is -0.439. The van der Waals surface area contributed by atoms with Crippen LogP contribution in [0.4, 0.5) is 5.69 Å². The smallest absolute Gasteiger partial charge is 0.258 e. The van der Waals surface area contributed by atoms with Crippen LogP contribution in [0.1, 0.15) is 0 Å². The van der Waals surface area contributed by atoms with Gasteiger partial charge in [0.15, 0.2) is 0 Å². The molecular weight excluding hydrogens is 210 g/mol. The molecule has 1 aromatic heterocycles. The van der Waals surface area contributed by atoms with Gasteiger partial charge < -0.3 is 0 Å². The molecule has 16 heavy (non-hydrogen) atoms. The van der Waals surface area contributed by atoms with Crippen LogP contribution in [-0.4, -0.2) is 15.2 Å². The minimum Gasteiger partial charge on any atom is -0.258 e. The molecule has 3 rings (SSSR count). The van der Waals surface area contributed by atoms with Crippen molar-refractivity contribution in [2.75, 3.05) is 0 Å². The van der Waals surface area contributed by atoms with E-state index in [1.165, 1.54) is 12.1 Å². The molecule has 0 saturated heterocycles. The third-order valence-corrected chi connectivity index (χ3v) is 2.44. The fourth-order valence-corrected chi connectivity index (χ4v) is 1.67. The molecule has 2 aromatic carbocycles. The van der Waals surface area contributed by atoms with Crippen LogP contribution in [0.25, 0.3) is 21.8 Å². The SMILES string of the molecule is O=[N+]([O-])c1ccc2ccc3nonc3c2c1. The van der Waals surface area contributed by atoms with Crippen LogP contribution in [-0.2, 0) is 0 Å². The molecule has 0 N–H and O–H groups in total. The minimum absolute atomic E-state index is 0.0306. The number of rotatable bonds is 1. The fraction of sp³-hybridized carbons (Fsp3) is 0. The van der Waals surface area contributed by atoms with Crippen molar-refractivity contribution in [3.63, 3.8) is 0 Å². The largest absolute Gasteiger partial charge is 0.270 e. The molecule has 6 heteroatoms. The molecule has 0 aliphatic carbocycles. The van der Waals surface area contributed by atoms with Gasteiger partial charge >= 0.3 is 0 Å². The van der Waals surface area contributed by atoms with Crippen molar-refractivity contribution >= 4 is 27.5 Å². The van der Waals surface area contributed by atoms with Crippen molar-refractivity contribution in [2.45, 2.75) is 0 Å². The van der Waals surface area contributed by atoms with Crippen molar-refractivity contribution in [3.8, 4) is 0 Å². The first kappa shape index (κ1) is 8.78. The molecule has 0 atom stereocenters. The zero-order chi connectivity index (χ0) is 11.1. The van der Waals surface area contributed by atoms with E-state index in [0.717, 1.165) is 5.39 Å². The summed E-state index contributed by atoms with van der Waals surface area (Å²) in [6.45, 7) is 0. The molecular formula is C10H5N3O3. The van der Waals surface area contributed by atoms with Crippen molar-refractivity contribution in [1.29, 1.82) is 0 Å². The summed E-state index contributed by atoms with van der Waals surface area (Å²) in [6.07, 6.45) is 0. The maximum atomic E-state index is 10.7. The van der Waals surface area contributed by atoms with Crippen LogP contribution in [0.2, 0.25) is 0 Å². The van der Waals surface area contributed by atoms with Gasteiger partial charge in [0.2, 0.25) is 0 Å². The Labute approximate surface area is 88.6 Å². The summed E-state index contributed by atoms with van der Waals surface area (Å²) in [7, 11) is 0. The van der Waals surface area contributed by atoms with E-state index < -0.39 is 4.92 Å². The summed E-state index contributed by atoms with van der Waals surface area (Å²) in [4.78, 5) is 10.2. The van der Waals surface area contributed by atoms with E-state index in [1.54, 1.807) is 12.1 Å². The predicted octanol–water partition coefficient (Wildman–Crippen LogP) is 2.28. The van der Waals surface area contributed by atoms with Gasteiger partial charge in [-0.05, 0) is 27.8 Å². The van der Waals surface area contributed by atoms with E-state index >= 15 is 0 Å². The van der Waals surface area contributed by atoms with E-state index in [1.807, 2.05) is 6.07 Å². The molecule has 6 nitrogen and oxygen atoms in total. The van der Waals surface area contributed by atoms with Crippen LogP contribution in [0.3, 0.4) is 0 Å².